The van der Waals surface area contributed by atoms with E-state index in [1.165, 1.54) is 11.3 Å². The van der Waals surface area contributed by atoms with E-state index in [2.05, 4.69) is 15.6 Å². The first-order chi connectivity index (χ1) is 13.5. The van der Waals surface area contributed by atoms with Crippen LogP contribution in [0.3, 0.4) is 0 Å². The smallest absolute Gasteiger partial charge is 0.257 e. The molecule has 144 valence electrons. The summed E-state index contributed by atoms with van der Waals surface area (Å²) in [7, 11) is 1.58. The van der Waals surface area contributed by atoms with Crippen molar-refractivity contribution in [2.45, 2.75) is 12.8 Å². The van der Waals surface area contributed by atoms with E-state index in [1.54, 1.807) is 43.5 Å². The fourth-order valence-electron chi connectivity index (χ4n) is 2.42. The molecule has 0 spiro atoms. The number of nitrogens with one attached hydrogen (secondary N) is 2. The Balaban J connectivity index is 1.50. The zero-order chi connectivity index (χ0) is 19.9. The summed E-state index contributed by atoms with van der Waals surface area (Å²) in [5.74, 6) is 0.305. The summed E-state index contributed by atoms with van der Waals surface area (Å²) < 4.78 is 5.14. The van der Waals surface area contributed by atoms with Crippen molar-refractivity contribution < 1.29 is 14.3 Å². The lowest BCUT2D eigenvalue weighted by molar-refractivity contribution is -0.116. The first-order valence-electron chi connectivity index (χ1n) is 8.49. The van der Waals surface area contributed by atoms with E-state index in [1.807, 2.05) is 17.5 Å². The van der Waals surface area contributed by atoms with Crippen molar-refractivity contribution in [2.75, 3.05) is 17.7 Å². The van der Waals surface area contributed by atoms with Gasteiger partial charge in [0.2, 0.25) is 5.91 Å². The monoisotopic (exact) mass is 415 g/mol. The Morgan fingerprint density at radius 3 is 2.68 bits per heavy atom. The average molecular weight is 416 g/mol. The van der Waals surface area contributed by atoms with Crippen LogP contribution >= 0.6 is 22.9 Å². The second-order valence-electron chi connectivity index (χ2n) is 5.89. The second kappa shape index (κ2) is 9.34. The van der Waals surface area contributed by atoms with Crippen LogP contribution in [-0.4, -0.2) is 23.9 Å². The summed E-state index contributed by atoms with van der Waals surface area (Å²) >= 11 is 7.14. The van der Waals surface area contributed by atoms with E-state index >= 15 is 0 Å². The molecule has 3 aromatic rings. The zero-order valence-corrected chi connectivity index (χ0v) is 16.6. The highest BCUT2D eigenvalue weighted by Gasteiger charge is 2.10. The maximum atomic E-state index is 12.2. The molecule has 0 saturated heterocycles. The summed E-state index contributed by atoms with van der Waals surface area (Å²) in [5.41, 5.74) is 1.93. The Hall–Kier alpha value is -2.90. The molecule has 0 aliphatic heterocycles. The molecule has 8 heteroatoms. The Morgan fingerprint density at radius 2 is 1.93 bits per heavy atom. The first kappa shape index (κ1) is 19.9. The van der Waals surface area contributed by atoms with Gasteiger partial charge in [0.05, 0.1) is 12.8 Å². The number of ether oxygens (including phenoxy) is 1. The van der Waals surface area contributed by atoms with Crippen LogP contribution < -0.4 is 15.4 Å². The molecule has 28 heavy (non-hydrogen) atoms. The standard InChI is InChI=1S/C20H18ClN3O3S/c1-27-17-4-2-3-15(11-17)22-18(25)10-9-16-12-28-20(23-16)24-19(26)13-5-7-14(21)8-6-13/h2-8,11-12H,9-10H2,1H3,(H,22,25)(H,23,24,26). The third-order valence-corrected chi connectivity index (χ3v) is 4.90. The molecule has 2 aromatic carbocycles. The van der Waals surface area contributed by atoms with Crippen LogP contribution in [0.25, 0.3) is 0 Å². The Morgan fingerprint density at radius 1 is 1.14 bits per heavy atom. The number of thiazole rings is 1. The number of hydrogen-bond donors (Lipinski definition) is 2. The highest BCUT2D eigenvalue weighted by Crippen LogP contribution is 2.20. The summed E-state index contributed by atoms with van der Waals surface area (Å²) in [4.78, 5) is 28.7. The van der Waals surface area contributed by atoms with Gasteiger partial charge < -0.3 is 10.1 Å². The third kappa shape index (κ3) is 5.55. The molecule has 1 heterocycles. The number of aryl methyl sites for hydroxylation is 1. The molecule has 6 nitrogen and oxygen atoms in total. The Kier molecular flexibility index (Phi) is 6.62. The fourth-order valence-corrected chi connectivity index (χ4v) is 3.28. The molecule has 0 unspecified atom stereocenters. The largest absolute Gasteiger partial charge is 0.497 e. The highest BCUT2D eigenvalue weighted by atomic mass is 35.5. The molecule has 3 rings (SSSR count). The van der Waals surface area contributed by atoms with E-state index in [9.17, 15) is 9.59 Å². The van der Waals surface area contributed by atoms with E-state index in [-0.39, 0.29) is 18.2 Å². The number of rotatable bonds is 7. The van der Waals surface area contributed by atoms with Crippen molar-refractivity contribution in [1.82, 2.24) is 4.98 Å². The number of carbonyl (C=O) groups is 2. The Bertz CT molecular complexity index is 973. The molecule has 0 aliphatic carbocycles. The zero-order valence-electron chi connectivity index (χ0n) is 15.1. The molecule has 1 aromatic heterocycles. The summed E-state index contributed by atoms with van der Waals surface area (Å²) in [6, 6.07) is 13.8. The van der Waals surface area contributed by atoms with Crippen molar-refractivity contribution in [1.29, 1.82) is 0 Å². The molecule has 0 atom stereocenters. The number of halogens is 1. The van der Waals surface area contributed by atoms with E-state index in [0.717, 1.165) is 5.69 Å². The van der Waals surface area contributed by atoms with Gasteiger partial charge in [-0.15, -0.1) is 11.3 Å². The first-order valence-corrected chi connectivity index (χ1v) is 9.74. The van der Waals surface area contributed by atoms with Crippen molar-refractivity contribution in [3.05, 3.63) is 70.2 Å². The van der Waals surface area contributed by atoms with Gasteiger partial charge in [0.1, 0.15) is 5.75 Å². The van der Waals surface area contributed by atoms with Gasteiger partial charge in [0, 0.05) is 34.1 Å². The van der Waals surface area contributed by atoms with E-state index in [0.29, 0.717) is 33.6 Å². The van der Waals surface area contributed by atoms with E-state index < -0.39 is 0 Å². The van der Waals surface area contributed by atoms with Crippen LogP contribution in [0, 0.1) is 0 Å². The molecule has 0 radical (unpaired) electrons. The van der Waals surface area contributed by atoms with Gasteiger partial charge in [-0.05, 0) is 42.8 Å². The number of hydrogen-bond acceptors (Lipinski definition) is 5. The second-order valence-corrected chi connectivity index (χ2v) is 7.18. The maximum absolute atomic E-state index is 12.2. The van der Waals surface area contributed by atoms with Crippen LogP contribution in [0.1, 0.15) is 22.5 Å². The lowest BCUT2D eigenvalue weighted by Crippen LogP contribution is -2.13. The molecule has 0 fully saturated rings. The number of benzene rings is 2. The van der Waals surface area contributed by atoms with Crippen LogP contribution in [0.5, 0.6) is 5.75 Å². The quantitative estimate of drug-likeness (QED) is 0.589. The van der Waals surface area contributed by atoms with Gasteiger partial charge in [0.15, 0.2) is 5.13 Å². The van der Waals surface area contributed by atoms with Crippen LogP contribution in [0.4, 0.5) is 10.8 Å². The van der Waals surface area contributed by atoms with Gasteiger partial charge in [-0.1, -0.05) is 17.7 Å². The minimum Gasteiger partial charge on any atom is -0.497 e. The van der Waals surface area contributed by atoms with Gasteiger partial charge in [0.25, 0.3) is 5.91 Å². The molecular formula is C20H18ClN3O3S. The van der Waals surface area contributed by atoms with Crippen molar-refractivity contribution in [3.8, 4) is 5.75 Å². The van der Waals surface area contributed by atoms with Crippen molar-refractivity contribution in [3.63, 3.8) is 0 Å². The summed E-state index contributed by atoms with van der Waals surface area (Å²) in [6.45, 7) is 0. The summed E-state index contributed by atoms with van der Waals surface area (Å²) in [6.07, 6.45) is 0.759. The topological polar surface area (TPSA) is 80.3 Å². The molecule has 2 N–H and O–H groups in total. The van der Waals surface area contributed by atoms with Gasteiger partial charge in [-0.2, -0.15) is 0 Å². The molecule has 2 amide bonds. The van der Waals surface area contributed by atoms with Gasteiger partial charge in [-0.25, -0.2) is 4.98 Å². The van der Waals surface area contributed by atoms with Crippen LogP contribution in [0.2, 0.25) is 5.02 Å². The predicted molar refractivity (Wildman–Crippen MR) is 111 cm³/mol. The predicted octanol–water partition coefficient (Wildman–Crippen LogP) is 4.63. The number of aromatic nitrogens is 1. The molecule has 0 bridgehead atoms. The number of nitrogens with zero attached hydrogens (tertiary/aromatic N) is 1. The number of amides is 2. The van der Waals surface area contributed by atoms with Crippen LogP contribution in [-0.2, 0) is 11.2 Å². The highest BCUT2D eigenvalue weighted by molar-refractivity contribution is 7.14. The maximum Gasteiger partial charge on any atom is 0.257 e. The van der Waals surface area contributed by atoms with E-state index in [4.69, 9.17) is 16.3 Å². The lowest BCUT2D eigenvalue weighted by Gasteiger charge is -2.06. The molecule has 0 aliphatic rings. The van der Waals surface area contributed by atoms with Crippen molar-refractivity contribution in [2.24, 2.45) is 0 Å². The minimum atomic E-state index is -0.256. The third-order valence-electron chi connectivity index (χ3n) is 3.84. The lowest BCUT2D eigenvalue weighted by atomic mass is 10.2. The van der Waals surface area contributed by atoms with Crippen molar-refractivity contribution >= 4 is 45.6 Å². The minimum absolute atomic E-state index is 0.118. The Labute approximate surface area is 171 Å². The van der Waals surface area contributed by atoms with Gasteiger partial charge >= 0.3 is 0 Å². The molecule has 0 saturated carbocycles. The SMILES string of the molecule is COc1cccc(NC(=O)CCc2csc(NC(=O)c3ccc(Cl)cc3)n2)c1. The average Bonchev–Trinajstić information content (AvgIpc) is 3.14. The number of anilines is 2. The normalized spacial score (nSPS) is 10.4. The molecular weight excluding hydrogens is 398 g/mol. The number of carbonyl (C=O) groups excluding carboxylic acids is 2. The number of methoxy groups -OCH3 is 1. The fraction of sp³-hybridized carbons (Fsp3) is 0.150. The van der Waals surface area contributed by atoms with Crippen LogP contribution in [0.15, 0.2) is 53.9 Å². The summed E-state index contributed by atoms with van der Waals surface area (Å²) in [5, 5.41) is 8.47. The van der Waals surface area contributed by atoms with Gasteiger partial charge in [-0.3, -0.25) is 14.9 Å².